The molecule has 6 N–H and O–H groups in total. The summed E-state index contributed by atoms with van der Waals surface area (Å²) in [5, 5.41) is 36.9. The van der Waals surface area contributed by atoms with Gasteiger partial charge in [-0.15, -0.1) is 0 Å². The van der Waals surface area contributed by atoms with Gasteiger partial charge in [-0.25, -0.2) is 0 Å². The van der Waals surface area contributed by atoms with E-state index < -0.39 is 12.2 Å². The highest BCUT2D eigenvalue weighted by atomic mass is 16.3. The number of nitrogens with two attached hydrogens (primary N) is 1. The topological polar surface area (TPSA) is 148 Å². The average Bonchev–Trinajstić information content (AvgIpc) is 2.68. The van der Waals surface area contributed by atoms with E-state index in [0.29, 0.717) is 0 Å². The molecular formula is C10H15N5O3. The normalized spacial score (nSPS) is 13.7. The molecule has 2 unspecified atom stereocenters. The number of nitrogen functional groups attached to an aromatic ring is 1. The van der Waals surface area contributed by atoms with Crippen LogP contribution in [0.3, 0.4) is 0 Å². The smallest absolute Gasteiger partial charge is 0.216 e. The summed E-state index contributed by atoms with van der Waals surface area (Å²) in [6.45, 7) is 1.57. The van der Waals surface area contributed by atoms with Crippen molar-refractivity contribution in [2.75, 3.05) is 12.3 Å². The van der Waals surface area contributed by atoms with Crippen LogP contribution in [0, 0.1) is 11.3 Å². The van der Waals surface area contributed by atoms with Crippen LogP contribution in [0.2, 0.25) is 0 Å². The second-order valence-electron chi connectivity index (χ2n) is 3.79. The SMILES string of the molecule is CC(=O)NCCC(O)C(O)c1[nH]nc(N)c1C#N. The molecule has 0 aromatic carbocycles. The Hall–Kier alpha value is -2.11. The molecule has 8 heteroatoms. The van der Waals surface area contributed by atoms with Crippen LogP contribution in [0.15, 0.2) is 0 Å². The summed E-state index contributed by atoms with van der Waals surface area (Å²) in [4.78, 5) is 10.6. The van der Waals surface area contributed by atoms with Gasteiger partial charge in [0.1, 0.15) is 17.7 Å². The lowest BCUT2D eigenvalue weighted by Gasteiger charge is -2.16. The highest BCUT2D eigenvalue weighted by molar-refractivity contribution is 5.72. The van der Waals surface area contributed by atoms with E-state index in [2.05, 4.69) is 15.5 Å². The zero-order valence-corrected chi connectivity index (χ0v) is 9.84. The zero-order valence-electron chi connectivity index (χ0n) is 9.84. The number of aliphatic hydroxyl groups is 2. The van der Waals surface area contributed by atoms with Crippen LogP contribution in [-0.2, 0) is 4.79 Å². The molecule has 0 saturated carbocycles. The molecule has 0 aliphatic carbocycles. The lowest BCUT2D eigenvalue weighted by atomic mass is 10.0. The molecule has 1 rings (SSSR count). The minimum Gasteiger partial charge on any atom is -0.390 e. The second-order valence-corrected chi connectivity index (χ2v) is 3.79. The molecule has 1 heterocycles. The van der Waals surface area contributed by atoms with E-state index in [4.69, 9.17) is 11.0 Å². The summed E-state index contributed by atoms with van der Waals surface area (Å²) in [5.74, 6) is -0.249. The quantitative estimate of drug-likeness (QED) is 0.444. The number of nitriles is 1. The van der Waals surface area contributed by atoms with E-state index in [1.54, 1.807) is 6.07 Å². The molecule has 1 aromatic heterocycles. The van der Waals surface area contributed by atoms with Gasteiger partial charge in [0.15, 0.2) is 5.82 Å². The van der Waals surface area contributed by atoms with E-state index in [1.807, 2.05) is 0 Å². The Labute approximate surface area is 103 Å². The van der Waals surface area contributed by atoms with Gasteiger partial charge in [-0.3, -0.25) is 9.89 Å². The van der Waals surface area contributed by atoms with Crippen molar-refractivity contribution >= 4 is 11.7 Å². The molecule has 0 fully saturated rings. The number of nitrogens with zero attached hydrogens (tertiary/aromatic N) is 2. The fourth-order valence-electron chi connectivity index (χ4n) is 1.45. The number of aromatic nitrogens is 2. The molecule has 0 bridgehead atoms. The number of aromatic amines is 1. The Morgan fingerprint density at radius 2 is 2.33 bits per heavy atom. The second kappa shape index (κ2) is 6.00. The summed E-state index contributed by atoms with van der Waals surface area (Å²) in [7, 11) is 0. The molecule has 0 saturated heterocycles. The Bertz CT molecular complexity index is 465. The molecule has 18 heavy (non-hydrogen) atoms. The van der Waals surface area contributed by atoms with Crippen LogP contribution < -0.4 is 11.1 Å². The van der Waals surface area contributed by atoms with Crippen molar-refractivity contribution in [2.45, 2.75) is 25.6 Å². The molecule has 1 aromatic rings. The van der Waals surface area contributed by atoms with Crippen molar-refractivity contribution in [1.29, 1.82) is 5.26 Å². The number of aliphatic hydroxyl groups excluding tert-OH is 2. The highest BCUT2D eigenvalue weighted by Crippen LogP contribution is 2.23. The third-order valence-electron chi connectivity index (χ3n) is 2.41. The van der Waals surface area contributed by atoms with E-state index >= 15 is 0 Å². The lowest BCUT2D eigenvalue weighted by Crippen LogP contribution is -2.28. The Morgan fingerprint density at radius 3 is 2.89 bits per heavy atom. The van der Waals surface area contributed by atoms with E-state index in [0.717, 1.165) is 0 Å². The Morgan fingerprint density at radius 1 is 1.67 bits per heavy atom. The number of H-pyrrole nitrogens is 1. The summed E-state index contributed by atoms with van der Waals surface area (Å²) in [5.41, 5.74) is 5.50. The van der Waals surface area contributed by atoms with Crippen molar-refractivity contribution in [3.05, 3.63) is 11.3 Å². The van der Waals surface area contributed by atoms with Crippen molar-refractivity contribution in [3.8, 4) is 6.07 Å². The third-order valence-corrected chi connectivity index (χ3v) is 2.41. The molecule has 0 aliphatic rings. The number of hydrogen-bond donors (Lipinski definition) is 5. The highest BCUT2D eigenvalue weighted by Gasteiger charge is 2.24. The van der Waals surface area contributed by atoms with Crippen molar-refractivity contribution in [3.63, 3.8) is 0 Å². The van der Waals surface area contributed by atoms with Gasteiger partial charge in [-0.1, -0.05) is 0 Å². The fraction of sp³-hybridized carbons (Fsp3) is 0.500. The maximum absolute atomic E-state index is 10.6. The number of nitrogens with one attached hydrogen (secondary N) is 2. The minimum absolute atomic E-state index is 0.0149. The van der Waals surface area contributed by atoms with E-state index in [-0.39, 0.29) is 35.9 Å². The predicted molar refractivity (Wildman–Crippen MR) is 62.0 cm³/mol. The van der Waals surface area contributed by atoms with Crippen LogP contribution in [0.4, 0.5) is 5.82 Å². The lowest BCUT2D eigenvalue weighted by molar-refractivity contribution is -0.119. The number of rotatable bonds is 5. The van der Waals surface area contributed by atoms with Gasteiger partial charge in [0.05, 0.1) is 11.8 Å². The predicted octanol–water partition coefficient (Wildman–Crippen LogP) is -1.22. The Balaban J connectivity index is 2.66. The van der Waals surface area contributed by atoms with E-state index in [1.165, 1.54) is 6.92 Å². The third kappa shape index (κ3) is 3.19. The van der Waals surface area contributed by atoms with Crippen LogP contribution in [0.25, 0.3) is 0 Å². The maximum atomic E-state index is 10.6. The fourth-order valence-corrected chi connectivity index (χ4v) is 1.45. The van der Waals surface area contributed by atoms with Crippen LogP contribution in [0.5, 0.6) is 0 Å². The Kier molecular flexibility index (Phi) is 4.65. The minimum atomic E-state index is -1.31. The van der Waals surface area contributed by atoms with Crippen molar-refractivity contribution in [2.24, 2.45) is 0 Å². The number of amides is 1. The average molecular weight is 253 g/mol. The van der Waals surface area contributed by atoms with Crippen molar-refractivity contribution < 1.29 is 15.0 Å². The summed E-state index contributed by atoms with van der Waals surface area (Å²) >= 11 is 0. The molecule has 0 spiro atoms. The largest absolute Gasteiger partial charge is 0.390 e. The number of carbonyl (C=O) groups excluding carboxylic acids is 1. The van der Waals surface area contributed by atoms with Crippen LogP contribution >= 0.6 is 0 Å². The first kappa shape index (κ1) is 14.0. The molecule has 0 radical (unpaired) electrons. The van der Waals surface area contributed by atoms with Gasteiger partial charge in [0.25, 0.3) is 0 Å². The first-order valence-corrected chi connectivity index (χ1v) is 5.31. The first-order valence-electron chi connectivity index (χ1n) is 5.31. The van der Waals surface area contributed by atoms with Gasteiger partial charge < -0.3 is 21.3 Å². The molecule has 1 amide bonds. The molecule has 2 atom stereocenters. The zero-order chi connectivity index (χ0) is 13.7. The van der Waals surface area contributed by atoms with Gasteiger partial charge in [0.2, 0.25) is 5.91 Å². The van der Waals surface area contributed by atoms with Gasteiger partial charge >= 0.3 is 0 Å². The van der Waals surface area contributed by atoms with Crippen LogP contribution in [0.1, 0.15) is 30.7 Å². The van der Waals surface area contributed by atoms with E-state index in [9.17, 15) is 15.0 Å². The monoisotopic (exact) mass is 253 g/mol. The molecule has 98 valence electrons. The van der Waals surface area contributed by atoms with Gasteiger partial charge in [-0.05, 0) is 6.42 Å². The first-order chi connectivity index (χ1) is 8.47. The number of anilines is 1. The number of carbonyl (C=O) groups is 1. The van der Waals surface area contributed by atoms with Gasteiger partial charge in [-0.2, -0.15) is 10.4 Å². The maximum Gasteiger partial charge on any atom is 0.216 e. The summed E-state index contributed by atoms with van der Waals surface area (Å²) < 4.78 is 0. The van der Waals surface area contributed by atoms with Crippen LogP contribution in [-0.4, -0.2) is 39.0 Å². The number of hydrogen-bond acceptors (Lipinski definition) is 6. The summed E-state index contributed by atoms with van der Waals surface area (Å²) in [6.07, 6.45) is -2.30. The van der Waals surface area contributed by atoms with Crippen molar-refractivity contribution in [1.82, 2.24) is 15.5 Å². The molecule has 0 aliphatic heterocycles. The van der Waals surface area contributed by atoms with Gasteiger partial charge in [0, 0.05) is 13.5 Å². The standard InChI is InChI=1S/C10H15N5O3/c1-5(16)13-3-2-7(17)9(18)8-6(4-11)10(12)15-14-8/h7,9,17-18H,2-3H2,1H3,(H,13,16)(H3,12,14,15). The molecule has 8 nitrogen and oxygen atoms in total. The molecular weight excluding hydrogens is 238 g/mol. The summed E-state index contributed by atoms with van der Waals surface area (Å²) in [6, 6.07) is 1.79.